The molecule has 2 aliphatic heterocycles. The van der Waals surface area contributed by atoms with Gasteiger partial charge in [0.1, 0.15) is 5.78 Å². The maximum absolute atomic E-state index is 13.8. The predicted molar refractivity (Wildman–Crippen MR) is 207 cm³/mol. The van der Waals surface area contributed by atoms with Crippen molar-refractivity contribution < 1.29 is 32.3 Å². The topological polar surface area (TPSA) is 104 Å². The summed E-state index contributed by atoms with van der Waals surface area (Å²) in [7, 11) is 1.64. The number of carbonyl (C=O) groups excluding carboxylic acids is 3. The van der Waals surface area contributed by atoms with Gasteiger partial charge in [-0.25, -0.2) is 0 Å². The highest BCUT2D eigenvalue weighted by Crippen LogP contribution is 2.34. The zero-order valence-electron chi connectivity index (χ0n) is 31.2. The SMILES string of the molecule is COCCCC(=O)[C@H]1CCCN(Cc2cccc(C(=O)Nc3ccc(N4CCCCC4)cc3-c3cc(C(=O)NCc4cccc(C(F)(F)F)c4)ccn3)c2)C1. The Balaban J connectivity index is 1.18. The molecule has 0 radical (unpaired) electrons. The number of Topliss-reactive ketones (excluding diaryl/α,β-unsaturated/α-hetero) is 1. The van der Waals surface area contributed by atoms with Gasteiger partial charge in [-0.15, -0.1) is 0 Å². The number of benzene rings is 3. The molecule has 12 heteroatoms. The summed E-state index contributed by atoms with van der Waals surface area (Å²) in [6, 6.07) is 21.4. The second-order valence-corrected chi connectivity index (χ2v) is 14.4. The van der Waals surface area contributed by atoms with Crippen LogP contribution in [0.4, 0.5) is 24.5 Å². The van der Waals surface area contributed by atoms with E-state index in [-0.39, 0.29) is 29.7 Å². The molecule has 1 aromatic heterocycles. The normalized spacial score (nSPS) is 16.4. The summed E-state index contributed by atoms with van der Waals surface area (Å²) in [6.45, 7) is 4.52. The number of rotatable bonds is 14. The summed E-state index contributed by atoms with van der Waals surface area (Å²) < 4.78 is 44.8. The van der Waals surface area contributed by atoms with E-state index in [1.165, 1.54) is 24.8 Å². The summed E-state index contributed by atoms with van der Waals surface area (Å²) in [5.74, 6) is -0.468. The Hall–Kier alpha value is -5.07. The number of nitrogens with one attached hydrogen (secondary N) is 2. The summed E-state index contributed by atoms with van der Waals surface area (Å²) in [5.41, 5.74) is 3.89. The van der Waals surface area contributed by atoms with Gasteiger partial charge in [-0.05, 0) is 111 Å². The van der Waals surface area contributed by atoms with E-state index >= 15 is 0 Å². The number of methoxy groups -OCH3 is 1. The Kier molecular flexibility index (Phi) is 13.3. The van der Waals surface area contributed by atoms with Crippen molar-refractivity contribution in [1.29, 1.82) is 0 Å². The first-order valence-corrected chi connectivity index (χ1v) is 19.0. The van der Waals surface area contributed by atoms with Crippen molar-refractivity contribution in [2.75, 3.05) is 50.1 Å². The lowest BCUT2D eigenvalue weighted by Gasteiger charge is -2.32. The number of ketones is 1. The molecule has 2 N–H and O–H groups in total. The Labute approximate surface area is 320 Å². The zero-order chi connectivity index (χ0) is 38.8. The highest BCUT2D eigenvalue weighted by atomic mass is 19.4. The largest absolute Gasteiger partial charge is 0.416 e. The van der Waals surface area contributed by atoms with Gasteiger partial charge in [0.25, 0.3) is 11.8 Å². The lowest BCUT2D eigenvalue weighted by molar-refractivity contribution is -0.137. The lowest BCUT2D eigenvalue weighted by Crippen LogP contribution is -2.38. The van der Waals surface area contributed by atoms with Crippen molar-refractivity contribution in [1.82, 2.24) is 15.2 Å². The number of carbonyl (C=O) groups is 3. The number of piperidine rings is 2. The zero-order valence-corrected chi connectivity index (χ0v) is 31.2. The molecule has 9 nitrogen and oxygen atoms in total. The molecule has 1 atom stereocenters. The number of pyridine rings is 1. The van der Waals surface area contributed by atoms with Gasteiger partial charge in [-0.1, -0.05) is 24.3 Å². The molecule has 290 valence electrons. The van der Waals surface area contributed by atoms with Crippen molar-refractivity contribution in [3.8, 4) is 11.3 Å². The second-order valence-electron chi connectivity index (χ2n) is 14.4. The van der Waals surface area contributed by atoms with Gasteiger partial charge >= 0.3 is 6.18 Å². The summed E-state index contributed by atoms with van der Waals surface area (Å²) in [5, 5.41) is 5.81. The molecule has 2 amide bonds. The standard InChI is InChI=1S/C43H48F3N5O4/c1-55-22-8-14-40(52)34-12-7-19-50(29-34)28-31-10-5-11-32(23-31)42(54)49-38-16-15-36(51-20-3-2-4-21-51)26-37(38)39-25-33(17-18-47-39)41(53)48-27-30-9-6-13-35(24-30)43(44,45)46/h5-6,9-11,13,15-18,23-26,34H,2-4,7-8,12,14,19-22,27-29H2,1H3,(H,48,53)(H,49,54)/t34-/m0/s1. The number of ether oxygens (including phenoxy) is 1. The molecule has 2 aliphatic rings. The van der Waals surface area contributed by atoms with Crippen LogP contribution in [0.5, 0.6) is 0 Å². The first kappa shape index (κ1) is 39.6. The number of hydrogen-bond acceptors (Lipinski definition) is 7. The van der Waals surface area contributed by atoms with Gasteiger partial charge in [-0.2, -0.15) is 13.2 Å². The van der Waals surface area contributed by atoms with Crippen molar-refractivity contribution in [2.24, 2.45) is 5.92 Å². The van der Waals surface area contributed by atoms with E-state index in [4.69, 9.17) is 4.74 Å². The van der Waals surface area contributed by atoms with Crippen LogP contribution in [0.3, 0.4) is 0 Å². The number of halogens is 3. The van der Waals surface area contributed by atoms with Crippen molar-refractivity contribution >= 4 is 29.0 Å². The molecule has 3 heterocycles. The number of nitrogens with zero attached hydrogens (tertiary/aromatic N) is 3. The summed E-state index contributed by atoms with van der Waals surface area (Å²) >= 11 is 0. The fraction of sp³-hybridized carbons (Fsp3) is 0.395. The van der Waals surface area contributed by atoms with Gasteiger partial charge in [-0.3, -0.25) is 24.3 Å². The smallest absolute Gasteiger partial charge is 0.385 e. The van der Waals surface area contributed by atoms with E-state index in [0.29, 0.717) is 54.2 Å². The number of aromatic nitrogens is 1. The van der Waals surface area contributed by atoms with Gasteiger partial charge in [0, 0.05) is 87.4 Å². The Bertz CT molecular complexity index is 1960. The Morgan fingerprint density at radius 2 is 1.64 bits per heavy atom. The molecule has 6 rings (SSSR count). The molecule has 0 unspecified atom stereocenters. The van der Waals surface area contributed by atoms with E-state index in [1.54, 1.807) is 25.3 Å². The third-order valence-electron chi connectivity index (χ3n) is 10.3. The van der Waals surface area contributed by atoms with Crippen molar-refractivity contribution in [3.63, 3.8) is 0 Å². The number of anilines is 2. The second kappa shape index (κ2) is 18.5. The lowest BCUT2D eigenvalue weighted by atomic mass is 9.91. The summed E-state index contributed by atoms with van der Waals surface area (Å²) in [6.07, 6.45) is 3.45. The van der Waals surface area contributed by atoms with E-state index in [2.05, 4.69) is 25.4 Å². The highest BCUT2D eigenvalue weighted by molar-refractivity contribution is 6.06. The molecule has 0 bridgehead atoms. The monoisotopic (exact) mass is 755 g/mol. The van der Waals surface area contributed by atoms with Crippen LogP contribution in [0.1, 0.15) is 82.4 Å². The molecule has 0 aliphatic carbocycles. The Morgan fingerprint density at radius 3 is 2.44 bits per heavy atom. The average molecular weight is 756 g/mol. The molecule has 55 heavy (non-hydrogen) atoms. The average Bonchev–Trinajstić information content (AvgIpc) is 3.20. The van der Waals surface area contributed by atoms with Crippen LogP contribution in [0, 0.1) is 5.92 Å². The molecule has 0 saturated carbocycles. The fourth-order valence-corrected chi connectivity index (χ4v) is 7.38. The molecule has 0 spiro atoms. The predicted octanol–water partition coefficient (Wildman–Crippen LogP) is 8.15. The first-order valence-electron chi connectivity index (χ1n) is 19.0. The van der Waals surface area contributed by atoms with Crippen LogP contribution in [-0.2, 0) is 28.8 Å². The quantitative estimate of drug-likeness (QED) is 0.125. The van der Waals surface area contributed by atoms with Gasteiger partial charge in [0.2, 0.25) is 0 Å². The third kappa shape index (κ3) is 10.8. The molecule has 2 saturated heterocycles. The summed E-state index contributed by atoms with van der Waals surface area (Å²) in [4.78, 5) is 49.1. The van der Waals surface area contributed by atoms with Crippen LogP contribution in [0.2, 0.25) is 0 Å². The minimum absolute atomic E-state index is 0.0111. The molecule has 2 fully saturated rings. The highest BCUT2D eigenvalue weighted by Gasteiger charge is 2.30. The van der Waals surface area contributed by atoms with Gasteiger partial charge < -0.3 is 20.3 Å². The molecule has 3 aromatic carbocycles. The van der Waals surface area contributed by atoms with Gasteiger partial charge in [0.05, 0.1) is 16.9 Å². The van der Waals surface area contributed by atoms with Crippen molar-refractivity contribution in [2.45, 2.75) is 64.2 Å². The van der Waals surface area contributed by atoms with Gasteiger partial charge in [0.15, 0.2) is 0 Å². The number of amides is 2. The van der Waals surface area contributed by atoms with Crippen LogP contribution < -0.4 is 15.5 Å². The third-order valence-corrected chi connectivity index (χ3v) is 10.3. The number of alkyl halides is 3. The van der Waals surface area contributed by atoms with Crippen LogP contribution in [0.15, 0.2) is 85.1 Å². The Morgan fingerprint density at radius 1 is 0.855 bits per heavy atom. The van der Waals surface area contributed by atoms with Crippen LogP contribution in [-0.4, -0.2) is 67.4 Å². The maximum Gasteiger partial charge on any atom is 0.416 e. The minimum atomic E-state index is -4.48. The first-order chi connectivity index (χ1) is 26.6. The van der Waals surface area contributed by atoms with E-state index in [0.717, 1.165) is 75.1 Å². The van der Waals surface area contributed by atoms with Crippen molar-refractivity contribution in [3.05, 3.63) is 113 Å². The van der Waals surface area contributed by atoms with Crippen LogP contribution in [0.25, 0.3) is 11.3 Å². The molecular formula is C43H48F3N5O4. The van der Waals surface area contributed by atoms with Crippen LogP contribution >= 0.6 is 0 Å². The fourth-order valence-electron chi connectivity index (χ4n) is 7.38. The van der Waals surface area contributed by atoms with E-state index < -0.39 is 17.6 Å². The number of hydrogen-bond donors (Lipinski definition) is 2. The molecule has 4 aromatic rings. The van der Waals surface area contributed by atoms with E-state index in [1.807, 2.05) is 36.4 Å². The minimum Gasteiger partial charge on any atom is -0.385 e. The molecular weight excluding hydrogens is 707 g/mol. The number of likely N-dealkylation sites (tertiary alicyclic amines) is 1. The maximum atomic E-state index is 13.8. The van der Waals surface area contributed by atoms with E-state index in [9.17, 15) is 27.6 Å².